The van der Waals surface area contributed by atoms with Gasteiger partial charge in [-0.1, -0.05) is 61.7 Å². The minimum Gasteiger partial charge on any atom is -0.497 e. The molecule has 43 heavy (non-hydrogen) atoms. The van der Waals surface area contributed by atoms with Crippen molar-refractivity contribution < 1.29 is 38.1 Å². The summed E-state index contributed by atoms with van der Waals surface area (Å²) >= 11 is 0. The SMILES string of the molecule is C=COC(=O)CCOC1=CC=C(C(=O)Oc2ccc(-c3ccc(-c4ccc(OCCOC(=O)C=C)cc4)cc3)cc2)CC1. The monoisotopic (exact) mass is 580 g/mol. The number of benzene rings is 3. The van der Waals surface area contributed by atoms with Crippen LogP contribution in [0.25, 0.3) is 22.3 Å². The second-order valence-corrected chi connectivity index (χ2v) is 9.32. The van der Waals surface area contributed by atoms with Crippen molar-refractivity contribution in [3.63, 3.8) is 0 Å². The highest BCUT2D eigenvalue weighted by Gasteiger charge is 2.17. The summed E-state index contributed by atoms with van der Waals surface area (Å²) in [4.78, 5) is 35.1. The van der Waals surface area contributed by atoms with E-state index >= 15 is 0 Å². The van der Waals surface area contributed by atoms with E-state index in [1.165, 1.54) is 0 Å². The Kier molecular flexibility index (Phi) is 11.1. The van der Waals surface area contributed by atoms with Crippen molar-refractivity contribution in [2.75, 3.05) is 19.8 Å². The topological polar surface area (TPSA) is 97.4 Å². The molecule has 0 radical (unpaired) electrons. The summed E-state index contributed by atoms with van der Waals surface area (Å²) in [5.74, 6) is 0.550. The third kappa shape index (κ3) is 9.33. The van der Waals surface area contributed by atoms with Crippen molar-refractivity contribution in [1.82, 2.24) is 0 Å². The zero-order valence-corrected chi connectivity index (χ0v) is 23.7. The Balaban J connectivity index is 1.26. The molecule has 0 amide bonds. The fraction of sp³-hybridized carbons (Fsp3) is 0.171. The highest BCUT2D eigenvalue weighted by molar-refractivity contribution is 5.91. The predicted molar refractivity (Wildman–Crippen MR) is 162 cm³/mol. The Labute approximate surface area is 250 Å². The van der Waals surface area contributed by atoms with Gasteiger partial charge in [-0.25, -0.2) is 9.59 Å². The maximum absolute atomic E-state index is 12.6. The molecule has 0 fully saturated rings. The van der Waals surface area contributed by atoms with Gasteiger partial charge in [0.1, 0.15) is 24.7 Å². The van der Waals surface area contributed by atoms with Crippen LogP contribution in [-0.2, 0) is 28.6 Å². The van der Waals surface area contributed by atoms with E-state index in [0.717, 1.165) is 34.6 Å². The van der Waals surface area contributed by atoms with Crippen molar-refractivity contribution in [2.24, 2.45) is 0 Å². The molecule has 0 heterocycles. The Hall–Kier alpha value is -5.37. The van der Waals surface area contributed by atoms with Gasteiger partial charge in [0.25, 0.3) is 0 Å². The molecule has 220 valence electrons. The van der Waals surface area contributed by atoms with E-state index in [0.29, 0.717) is 35.7 Å². The first-order chi connectivity index (χ1) is 20.9. The highest BCUT2D eigenvalue weighted by Crippen LogP contribution is 2.28. The molecule has 3 aromatic carbocycles. The van der Waals surface area contributed by atoms with Crippen LogP contribution >= 0.6 is 0 Å². The number of ether oxygens (including phenoxy) is 5. The number of carbonyl (C=O) groups excluding carboxylic acids is 3. The van der Waals surface area contributed by atoms with E-state index in [4.69, 9.17) is 18.9 Å². The molecule has 0 saturated carbocycles. The van der Waals surface area contributed by atoms with E-state index in [9.17, 15) is 14.4 Å². The van der Waals surface area contributed by atoms with Gasteiger partial charge in [-0.05, 0) is 65.1 Å². The Bertz CT molecular complexity index is 1500. The van der Waals surface area contributed by atoms with Crippen LogP contribution in [0.3, 0.4) is 0 Å². The number of esters is 3. The smallest absolute Gasteiger partial charge is 0.339 e. The zero-order valence-electron chi connectivity index (χ0n) is 23.7. The molecule has 3 aromatic rings. The molecule has 8 nitrogen and oxygen atoms in total. The van der Waals surface area contributed by atoms with Crippen molar-refractivity contribution in [2.45, 2.75) is 19.3 Å². The van der Waals surface area contributed by atoms with E-state index in [1.807, 2.05) is 60.7 Å². The van der Waals surface area contributed by atoms with Crippen LogP contribution in [0.4, 0.5) is 0 Å². The first-order valence-electron chi connectivity index (χ1n) is 13.7. The van der Waals surface area contributed by atoms with E-state index in [1.54, 1.807) is 24.3 Å². The number of hydrogen-bond acceptors (Lipinski definition) is 8. The number of carbonyl (C=O) groups is 3. The van der Waals surface area contributed by atoms with Gasteiger partial charge < -0.3 is 23.7 Å². The Morgan fingerprint density at radius 2 is 1.26 bits per heavy atom. The van der Waals surface area contributed by atoms with Crippen LogP contribution in [0.15, 0.2) is 122 Å². The first-order valence-corrected chi connectivity index (χ1v) is 13.7. The van der Waals surface area contributed by atoms with Crippen molar-refractivity contribution in [3.8, 4) is 33.8 Å². The van der Waals surface area contributed by atoms with Crippen molar-refractivity contribution in [1.29, 1.82) is 0 Å². The quantitative estimate of drug-likeness (QED) is 0.0681. The van der Waals surface area contributed by atoms with Gasteiger partial charge in [0.2, 0.25) is 0 Å². The normalized spacial score (nSPS) is 12.2. The van der Waals surface area contributed by atoms with Crippen LogP contribution in [0.5, 0.6) is 11.5 Å². The second kappa shape index (κ2) is 15.6. The molecule has 0 N–H and O–H groups in total. The van der Waals surface area contributed by atoms with Gasteiger partial charge in [0.05, 0.1) is 25.0 Å². The van der Waals surface area contributed by atoms with Gasteiger partial charge >= 0.3 is 17.9 Å². The van der Waals surface area contributed by atoms with Crippen molar-refractivity contribution >= 4 is 17.9 Å². The average Bonchev–Trinajstić information content (AvgIpc) is 3.04. The molecular formula is C35H32O8. The summed E-state index contributed by atoms with van der Waals surface area (Å²) in [7, 11) is 0. The Morgan fingerprint density at radius 3 is 1.79 bits per heavy atom. The molecular weight excluding hydrogens is 548 g/mol. The third-order valence-electron chi connectivity index (χ3n) is 6.42. The van der Waals surface area contributed by atoms with Gasteiger partial charge in [-0.15, -0.1) is 0 Å². The van der Waals surface area contributed by atoms with E-state index in [-0.39, 0.29) is 26.2 Å². The van der Waals surface area contributed by atoms with Gasteiger partial charge in [0, 0.05) is 18.1 Å². The average molecular weight is 581 g/mol. The molecule has 0 aromatic heterocycles. The fourth-order valence-electron chi connectivity index (χ4n) is 4.17. The molecule has 8 heteroatoms. The molecule has 0 bridgehead atoms. The standard InChI is InChI=1S/C35H32O8/c1-3-33(36)42-24-23-41-31-15-9-27(10-16-31)25-5-7-26(8-6-25)28-11-19-32(20-12-28)43-35(38)29-13-17-30(18-14-29)40-22-21-34(37)39-4-2/h3-13,15-17,19-20H,1-2,14,18,21-24H2. The van der Waals surface area contributed by atoms with Crippen LogP contribution in [0, 0.1) is 0 Å². The molecule has 0 aliphatic heterocycles. The molecule has 4 rings (SSSR count). The van der Waals surface area contributed by atoms with Crippen molar-refractivity contribution in [3.05, 3.63) is 122 Å². The fourth-order valence-corrected chi connectivity index (χ4v) is 4.17. The molecule has 1 aliphatic rings. The third-order valence-corrected chi connectivity index (χ3v) is 6.42. The maximum Gasteiger partial charge on any atom is 0.339 e. The van der Waals surface area contributed by atoms with Crippen LogP contribution < -0.4 is 9.47 Å². The molecule has 0 spiro atoms. The van der Waals surface area contributed by atoms with Crippen LogP contribution in [0.1, 0.15) is 19.3 Å². The minimum atomic E-state index is -0.474. The summed E-state index contributed by atoms with van der Waals surface area (Å²) in [5, 5.41) is 0. The Morgan fingerprint density at radius 1 is 0.674 bits per heavy atom. The minimum absolute atomic E-state index is 0.117. The van der Waals surface area contributed by atoms with E-state index < -0.39 is 17.9 Å². The number of rotatable bonds is 14. The van der Waals surface area contributed by atoms with E-state index in [2.05, 4.69) is 17.9 Å². The summed E-state index contributed by atoms with van der Waals surface area (Å²) < 4.78 is 26.3. The summed E-state index contributed by atoms with van der Waals surface area (Å²) in [6.07, 6.45) is 6.75. The second-order valence-electron chi connectivity index (χ2n) is 9.32. The number of hydrogen-bond donors (Lipinski definition) is 0. The lowest BCUT2D eigenvalue weighted by molar-refractivity contribution is -0.139. The maximum atomic E-state index is 12.6. The lowest BCUT2D eigenvalue weighted by atomic mass is 10.0. The zero-order chi connectivity index (χ0) is 30.4. The molecule has 0 saturated heterocycles. The lowest BCUT2D eigenvalue weighted by Crippen LogP contribution is -2.14. The first kappa shape index (κ1) is 30.6. The van der Waals surface area contributed by atoms with Gasteiger partial charge in [-0.3, -0.25) is 4.79 Å². The largest absolute Gasteiger partial charge is 0.497 e. The van der Waals surface area contributed by atoms with Crippen LogP contribution in [-0.4, -0.2) is 37.7 Å². The summed E-state index contributed by atoms with van der Waals surface area (Å²) in [5.41, 5.74) is 4.66. The molecule has 1 aliphatic carbocycles. The number of allylic oxidation sites excluding steroid dienone is 3. The summed E-state index contributed by atoms with van der Waals surface area (Å²) in [6, 6.07) is 23.2. The highest BCUT2D eigenvalue weighted by atomic mass is 16.6. The van der Waals surface area contributed by atoms with Crippen LogP contribution in [0.2, 0.25) is 0 Å². The lowest BCUT2D eigenvalue weighted by Gasteiger charge is -2.15. The van der Waals surface area contributed by atoms with Gasteiger partial charge in [-0.2, -0.15) is 0 Å². The predicted octanol–water partition coefficient (Wildman–Crippen LogP) is 6.73. The molecule has 0 atom stereocenters. The molecule has 0 unspecified atom stereocenters. The summed E-state index contributed by atoms with van der Waals surface area (Å²) in [6.45, 7) is 7.30. The van der Waals surface area contributed by atoms with Gasteiger partial charge in [0.15, 0.2) is 0 Å².